The monoisotopic (exact) mass is 428 g/mol. The molecule has 158 valence electrons. The van der Waals surface area contributed by atoms with Gasteiger partial charge in [0.15, 0.2) is 29.8 Å². The molecule has 30 heavy (non-hydrogen) atoms. The third-order valence-corrected chi connectivity index (χ3v) is 4.48. The van der Waals surface area contributed by atoms with Gasteiger partial charge in [-0.15, -0.1) is 0 Å². The molecule has 0 fully saturated rings. The minimum atomic E-state index is -4.75. The number of hydrogen-bond donors (Lipinski definition) is 0. The SMILES string of the molecule is CCc1ccc(-c2ccc(-c3ccc(OCC(F)(F)F)c(F)c3F)c(F)c2F)cc1. The van der Waals surface area contributed by atoms with Crippen molar-refractivity contribution in [2.24, 2.45) is 0 Å². The van der Waals surface area contributed by atoms with E-state index in [1.165, 1.54) is 6.07 Å². The van der Waals surface area contributed by atoms with E-state index in [1.807, 2.05) is 6.92 Å². The Kier molecular flexibility index (Phi) is 6.05. The van der Waals surface area contributed by atoms with Crippen LogP contribution in [0.5, 0.6) is 5.75 Å². The third-order valence-electron chi connectivity index (χ3n) is 4.48. The lowest BCUT2D eigenvalue weighted by atomic mass is 9.97. The standard InChI is InChI=1S/C22H15F7O/c1-2-12-3-5-13(6-4-12)14-7-8-15(19(24)18(14)23)16-9-10-17(21(26)20(16)25)30-11-22(27,28)29/h3-10H,2,11H2,1H3. The molecule has 0 aliphatic heterocycles. The van der Waals surface area contributed by atoms with Gasteiger partial charge in [-0.2, -0.15) is 17.6 Å². The summed E-state index contributed by atoms with van der Waals surface area (Å²) in [6.45, 7) is 0.119. The Labute approximate surface area is 167 Å². The first kappa shape index (κ1) is 21.7. The van der Waals surface area contributed by atoms with Crippen LogP contribution >= 0.6 is 0 Å². The van der Waals surface area contributed by atoms with Gasteiger partial charge in [-0.3, -0.25) is 0 Å². The molecular weight excluding hydrogens is 413 g/mol. The topological polar surface area (TPSA) is 9.23 Å². The average Bonchev–Trinajstić information content (AvgIpc) is 2.71. The highest BCUT2D eigenvalue weighted by molar-refractivity contribution is 5.72. The van der Waals surface area contributed by atoms with Gasteiger partial charge in [0.2, 0.25) is 5.82 Å². The van der Waals surface area contributed by atoms with Crippen LogP contribution in [-0.2, 0) is 6.42 Å². The van der Waals surface area contributed by atoms with Crippen LogP contribution in [0.25, 0.3) is 22.3 Å². The van der Waals surface area contributed by atoms with Crippen molar-refractivity contribution in [2.75, 3.05) is 6.61 Å². The molecule has 0 amide bonds. The van der Waals surface area contributed by atoms with Crippen LogP contribution in [0.3, 0.4) is 0 Å². The van der Waals surface area contributed by atoms with Crippen LogP contribution in [0.15, 0.2) is 48.5 Å². The molecule has 0 unspecified atom stereocenters. The van der Waals surface area contributed by atoms with Crippen molar-refractivity contribution >= 4 is 0 Å². The van der Waals surface area contributed by atoms with Crippen molar-refractivity contribution in [2.45, 2.75) is 19.5 Å². The van der Waals surface area contributed by atoms with Crippen LogP contribution in [0.1, 0.15) is 12.5 Å². The second kappa shape index (κ2) is 8.38. The number of hydrogen-bond acceptors (Lipinski definition) is 1. The van der Waals surface area contributed by atoms with Crippen LogP contribution < -0.4 is 4.74 Å². The number of rotatable bonds is 5. The summed E-state index contributed by atoms with van der Waals surface area (Å²) in [7, 11) is 0. The molecule has 0 aromatic heterocycles. The number of alkyl halides is 3. The van der Waals surface area contributed by atoms with E-state index in [0.717, 1.165) is 30.2 Å². The van der Waals surface area contributed by atoms with Gasteiger partial charge in [-0.25, -0.2) is 13.2 Å². The van der Waals surface area contributed by atoms with E-state index in [4.69, 9.17) is 0 Å². The Hall–Kier alpha value is -3.03. The second-order valence-corrected chi connectivity index (χ2v) is 6.48. The van der Waals surface area contributed by atoms with Gasteiger partial charge in [-0.1, -0.05) is 43.3 Å². The zero-order valence-corrected chi connectivity index (χ0v) is 15.6. The van der Waals surface area contributed by atoms with Gasteiger partial charge < -0.3 is 4.74 Å². The molecule has 0 atom stereocenters. The fraction of sp³-hybridized carbons (Fsp3) is 0.182. The van der Waals surface area contributed by atoms with E-state index in [1.54, 1.807) is 24.3 Å². The maximum absolute atomic E-state index is 14.7. The Balaban J connectivity index is 1.98. The van der Waals surface area contributed by atoms with E-state index in [-0.39, 0.29) is 5.56 Å². The first-order valence-corrected chi connectivity index (χ1v) is 8.87. The lowest BCUT2D eigenvalue weighted by Crippen LogP contribution is -2.19. The quantitative estimate of drug-likeness (QED) is 0.395. The minimum Gasteiger partial charge on any atom is -0.481 e. The van der Waals surface area contributed by atoms with Gasteiger partial charge in [0, 0.05) is 16.7 Å². The maximum Gasteiger partial charge on any atom is 0.422 e. The van der Waals surface area contributed by atoms with Crippen LogP contribution in [-0.4, -0.2) is 12.8 Å². The number of benzene rings is 3. The first-order valence-electron chi connectivity index (χ1n) is 8.87. The molecule has 8 heteroatoms. The molecule has 0 bridgehead atoms. The summed E-state index contributed by atoms with van der Waals surface area (Å²) in [4.78, 5) is 0. The van der Waals surface area contributed by atoms with Gasteiger partial charge >= 0.3 is 6.18 Å². The zero-order chi connectivity index (χ0) is 22.1. The van der Waals surface area contributed by atoms with Gasteiger partial charge in [0.05, 0.1) is 0 Å². The molecule has 0 saturated carbocycles. The highest BCUT2D eigenvalue weighted by Gasteiger charge is 2.30. The van der Waals surface area contributed by atoms with E-state index in [2.05, 4.69) is 4.74 Å². The van der Waals surface area contributed by atoms with Gasteiger partial charge in [0.1, 0.15) is 0 Å². The Morgan fingerprint density at radius 3 is 1.73 bits per heavy atom. The normalized spacial score (nSPS) is 11.6. The molecule has 0 aliphatic rings. The van der Waals surface area contributed by atoms with Gasteiger partial charge in [-0.05, 0) is 29.7 Å². The largest absolute Gasteiger partial charge is 0.481 e. The molecule has 0 heterocycles. The lowest BCUT2D eigenvalue weighted by molar-refractivity contribution is -0.153. The lowest BCUT2D eigenvalue weighted by Gasteiger charge is -2.13. The van der Waals surface area contributed by atoms with Crippen molar-refractivity contribution in [1.82, 2.24) is 0 Å². The molecule has 0 spiro atoms. The number of aryl methyl sites for hydroxylation is 1. The summed E-state index contributed by atoms with van der Waals surface area (Å²) in [6.07, 6.45) is -3.98. The number of ether oxygens (including phenoxy) is 1. The summed E-state index contributed by atoms with van der Waals surface area (Å²) in [5, 5.41) is 0. The predicted molar refractivity (Wildman–Crippen MR) is 98.1 cm³/mol. The maximum atomic E-state index is 14.7. The van der Waals surface area contributed by atoms with Gasteiger partial charge in [0.25, 0.3) is 0 Å². The van der Waals surface area contributed by atoms with Crippen LogP contribution in [0.2, 0.25) is 0 Å². The van der Waals surface area contributed by atoms with Crippen molar-refractivity contribution < 1.29 is 35.5 Å². The van der Waals surface area contributed by atoms with E-state index >= 15 is 0 Å². The van der Waals surface area contributed by atoms with Crippen molar-refractivity contribution in [1.29, 1.82) is 0 Å². The highest BCUT2D eigenvalue weighted by atomic mass is 19.4. The number of halogens is 7. The average molecular weight is 428 g/mol. The Morgan fingerprint density at radius 1 is 0.667 bits per heavy atom. The molecule has 1 nitrogen and oxygen atoms in total. The molecule has 3 aromatic carbocycles. The fourth-order valence-corrected chi connectivity index (χ4v) is 2.91. The summed E-state index contributed by atoms with van der Waals surface area (Å²) in [6, 6.07) is 10.6. The summed E-state index contributed by atoms with van der Waals surface area (Å²) >= 11 is 0. The third kappa shape index (κ3) is 4.42. The molecule has 0 saturated heterocycles. The van der Waals surface area contributed by atoms with Crippen molar-refractivity contribution in [3.63, 3.8) is 0 Å². The summed E-state index contributed by atoms with van der Waals surface area (Å²) < 4.78 is 98.6. The summed E-state index contributed by atoms with van der Waals surface area (Å²) in [5.74, 6) is -7.02. The fourth-order valence-electron chi connectivity index (χ4n) is 2.91. The van der Waals surface area contributed by atoms with E-state index in [9.17, 15) is 30.7 Å². The minimum absolute atomic E-state index is 0.0649. The smallest absolute Gasteiger partial charge is 0.422 e. The predicted octanol–water partition coefficient (Wildman–Crippen LogP) is 7.08. The molecule has 0 radical (unpaired) electrons. The Morgan fingerprint density at radius 2 is 1.17 bits per heavy atom. The summed E-state index contributed by atoms with van der Waals surface area (Å²) in [5.41, 5.74) is 0.126. The molecule has 0 aliphatic carbocycles. The zero-order valence-electron chi connectivity index (χ0n) is 15.6. The Bertz CT molecular complexity index is 1060. The highest BCUT2D eigenvalue weighted by Crippen LogP contribution is 2.35. The van der Waals surface area contributed by atoms with Crippen LogP contribution in [0, 0.1) is 23.3 Å². The second-order valence-electron chi connectivity index (χ2n) is 6.48. The van der Waals surface area contributed by atoms with E-state index in [0.29, 0.717) is 5.56 Å². The van der Waals surface area contributed by atoms with Crippen molar-refractivity contribution in [3.05, 3.63) is 77.4 Å². The molecular formula is C22H15F7O. The molecule has 0 N–H and O–H groups in total. The first-order chi connectivity index (χ1) is 14.1. The molecule has 3 aromatic rings. The van der Waals surface area contributed by atoms with Crippen LogP contribution in [0.4, 0.5) is 30.7 Å². The van der Waals surface area contributed by atoms with E-state index < -0.39 is 52.9 Å². The van der Waals surface area contributed by atoms with Crippen molar-refractivity contribution in [3.8, 4) is 28.0 Å². The molecule has 3 rings (SSSR count).